The summed E-state index contributed by atoms with van der Waals surface area (Å²) in [6.45, 7) is 6.75. The van der Waals surface area contributed by atoms with Gasteiger partial charge in [0, 0.05) is 30.9 Å². The van der Waals surface area contributed by atoms with Crippen LogP contribution >= 0.6 is 11.6 Å². The Morgan fingerprint density at radius 2 is 1.96 bits per heavy atom. The third kappa shape index (κ3) is 5.13. The third-order valence-corrected chi connectivity index (χ3v) is 4.80. The fourth-order valence-electron chi connectivity index (χ4n) is 3.16. The molecule has 5 nitrogen and oxygen atoms in total. The molecular weight excluding hydrogens is 383 g/mol. The molecule has 1 aliphatic heterocycles. The Labute approximate surface area is 169 Å². The van der Waals surface area contributed by atoms with E-state index in [9.17, 15) is 9.18 Å². The number of amides is 1. The summed E-state index contributed by atoms with van der Waals surface area (Å²) in [7, 11) is 0. The van der Waals surface area contributed by atoms with Crippen LogP contribution in [0.2, 0.25) is 5.02 Å². The molecule has 0 aliphatic carbocycles. The third-order valence-electron chi connectivity index (χ3n) is 4.49. The van der Waals surface area contributed by atoms with Crippen molar-refractivity contribution in [3.63, 3.8) is 0 Å². The lowest BCUT2D eigenvalue weighted by molar-refractivity contribution is 0.0204. The van der Waals surface area contributed by atoms with Gasteiger partial charge in [-0.05, 0) is 57.7 Å². The summed E-state index contributed by atoms with van der Waals surface area (Å²) >= 11 is 6.11. The first-order valence-corrected chi connectivity index (χ1v) is 9.66. The fraction of sp³-hybridized carbons (Fsp3) is 0.429. The maximum Gasteiger partial charge on any atom is 0.410 e. The highest BCUT2D eigenvalue weighted by atomic mass is 35.5. The number of ether oxygens (including phenoxy) is 2. The molecular formula is C21H24ClFN2O3. The molecule has 1 amide bonds. The Morgan fingerprint density at radius 1 is 1.25 bits per heavy atom. The van der Waals surface area contributed by atoms with E-state index in [2.05, 4.69) is 4.98 Å². The molecule has 1 fully saturated rings. The van der Waals surface area contributed by atoms with Crippen molar-refractivity contribution < 1.29 is 18.7 Å². The minimum absolute atomic E-state index is 0.176. The van der Waals surface area contributed by atoms with Gasteiger partial charge in [0.2, 0.25) is 5.88 Å². The average Bonchev–Trinajstić information content (AvgIpc) is 2.64. The molecule has 0 spiro atoms. The van der Waals surface area contributed by atoms with Crippen LogP contribution in [0.4, 0.5) is 9.18 Å². The summed E-state index contributed by atoms with van der Waals surface area (Å²) in [5.41, 5.74) is 0.411. The van der Waals surface area contributed by atoms with Gasteiger partial charge < -0.3 is 14.4 Å². The number of halogens is 2. The number of carbonyl (C=O) groups is 1. The number of piperidine rings is 1. The van der Waals surface area contributed by atoms with Crippen molar-refractivity contribution in [2.45, 2.75) is 45.1 Å². The lowest BCUT2D eigenvalue weighted by atomic mass is 9.90. The van der Waals surface area contributed by atoms with Gasteiger partial charge in [-0.1, -0.05) is 17.7 Å². The van der Waals surface area contributed by atoms with Gasteiger partial charge in [-0.25, -0.2) is 14.2 Å². The zero-order chi connectivity index (χ0) is 20.3. The fourth-order valence-corrected chi connectivity index (χ4v) is 3.31. The molecule has 1 aromatic heterocycles. The van der Waals surface area contributed by atoms with Gasteiger partial charge >= 0.3 is 6.09 Å². The smallest absolute Gasteiger partial charge is 0.410 e. The van der Waals surface area contributed by atoms with Crippen molar-refractivity contribution in [3.05, 3.63) is 52.9 Å². The summed E-state index contributed by atoms with van der Waals surface area (Å²) in [6.07, 6.45) is 2.86. The largest absolute Gasteiger partial charge is 0.444 e. The summed E-state index contributed by atoms with van der Waals surface area (Å²) < 4.78 is 24.8. The molecule has 0 N–H and O–H groups in total. The summed E-state index contributed by atoms with van der Waals surface area (Å²) in [5.74, 6) is 0.385. The Balaban J connectivity index is 1.70. The van der Waals surface area contributed by atoms with Gasteiger partial charge in [0.1, 0.15) is 11.4 Å². The second-order valence-electron chi connectivity index (χ2n) is 7.82. The molecule has 150 valence electrons. The number of hydrogen-bond acceptors (Lipinski definition) is 4. The first-order valence-electron chi connectivity index (χ1n) is 9.29. The van der Waals surface area contributed by atoms with Crippen LogP contribution in [0, 0.1) is 5.82 Å². The van der Waals surface area contributed by atoms with E-state index in [1.165, 1.54) is 18.2 Å². The number of rotatable bonds is 3. The van der Waals surface area contributed by atoms with Crippen LogP contribution in [-0.4, -0.2) is 34.7 Å². The number of aromatic nitrogens is 1. The van der Waals surface area contributed by atoms with Crippen molar-refractivity contribution in [1.29, 1.82) is 0 Å². The molecule has 0 atom stereocenters. The Morgan fingerprint density at radius 3 is 2.64 bits per heavy atom. The molecule has 3 rings (SSSR count). The van der Waals surface area contributed by atoms with Crippen LogP contribution in [0.3, 0.4) is 0 Å². The van der Waals surface area contributed by atoms with Crippen LogP contribution in [0.5, 0.6) is 11.6 Å². The number of hydrogen-bond donors (Lipinski definition) is 0. The molecule has 2 aromatic rings. The first kappa shape index (κ1) is 20.4. The van der Waals surface area contributed by atoms with Crippen molar-refractivity contribution in [2.24, 2.45) is 0 Å². The van der Waals surface area contributed by atoms with Crippen LogP contribution in [0.15, 0.2) is 36.5 Å². The van der Waals surface area contributed by atoms with E-state index >= 15 is 0 Å². The van der Waals surface area contributed by atoms with E-state index in [4.69, 9.17) is 21.1 Å². The predicted octanol–water partition coefficient (Wildman–Crippen LogP) is 5.78. The minimum atomic E-state index is -0.511. The van der Waals surface area contributed by atoms with Crippen molar-refractivity contribution in [1.82, 2.24) is 9.88 Å². The van der Waals surface area contributed by atoms with E-state index in [0.717, 1.165) is 18.4 Å². The van der Waals surface area contributed by atoms with Crippen molar-refractivity contribution >= 4 is 17.7 Å². The number of nitrogens with zero attached hydrogens (tertiary/aromatic N) is 2. The maximum atomic E-state index is 13.5. The van der Waals surface area contributed by atoms with E-state index in [1.807, 2.05) is 32.9 Å². The predicted molar refractivity (Wildman–Crippen MR) is 106 cm³/mol. The van der Waals surface area contributed by atoms with Crippen LogP contribution in [0.25, 0.3) is 0 Å². The van der Waals surface area contributed by atoms with E-state index < -0.39 is 11.4 Å². The van der Waals surface area contributed by atoms with E-state index in [0.29, 0.717) is 24.0 Å². The zero-order valence-electron chi connectivity index (χ0n) is 16.2. The number of benzene rings is 1. The van der Waals surface area contributed by atoms with Gasteiger partial charge in [-0.15, -0.1) is 0 Å². The molecule has 0 radical (unpaired) electrons. The zero-order valence-corrected chi connectivity index (χ0v) is 17.0. The maximum absolute atomic E-state index is 13.5. The standard InChI is InChI=1S/C21H24ClFN2O3/c1-21(2,3)28-20(26)25-11-8-14(9-12-25)16-5-4-10-24-19(16)27-18-13-15(23)6-7-17(18)22/h4-7,10,13-14H,8-9,11-12H2,1-3H3. The molecule has 1 aromatic carbocycles. The van der Waals surface area contributed by atoms with E-state index in [1.54, 1.807) is 11.1 Å². The molecule has 28 heavy (non-hydrogen) atoms. The highest BCUT2D eigenvalue weighted by molar-refractivity contribution is 6.32. The lowest BCUT2D eigenvalue weighted by Gasteiger charge is -2.33. The molecule has 0 bridgehead atoms. The topological polar surface area (TPSA) is 51.7 Å². The van der Waals surface area contributed by atoms with Crippen LogP contribution in [0.1, 0.15) is 45.1 Å². The Bertz CT molecular complexity index is 846. The van der Waals surface area contributed by atoms with Gasteiger partial charge in [0.15, 0.2) is 5.75 Å². The van der Waals surface area contributed by atoms with Gasteiger partial charge in [-0.2, -0.15) is 0 Å². The highest BCUT2D eigenvalue weighted by Gasteiger charge is 2.29. The SMILES string of the molecule is CC(C)(C)OC(=O)N1CCC(c2cccnc2Oc2cc(F)ccc2Cl)CC1. The van der Waals surface area contributed by atoms with E-state index in [-0.39, 0.29) is 17.8 Å². The number of likely N-dealkylation sites (tertiary alicyclic amines) is 1. The summed E-state index contributed by atoms with van der Waals surface area (Å²) in [5, 5.41) is 0.317. The second-order valence-corrected chi connectivity index (χ2v) is 8.22. The number of carbonyl (C=O) groups excluding carboxylic acids is 1. The van der Waals surface area contributed by atoms with Crippen LogP contribution in [-0.2, 0) is 4.74 Å². The summed E-state index contributed by atoms with van der Waals surface area (Å²) in [4.78, 5) is 18.3. The monoisotopic (exact) mass is 406 g/mol. The number of pyridine rings is 1. The highest BCUT2D eigenvalue weighted by Crippen LogP contribution is 2.37. The van der Waals surface area contributed by atoms with Crippen molar-refractivity contribution in [3.8, 4) is 11.6 Å². The second kappa shape index (κ2) is 8.35. The lowest BCUT2D eigenvalue weighted by Crippen LogP contribution is -2.41. The van der Waals surface area contributed by atoms with Gasteiger partial charge in [0.25, 0.3) is 0 Å². The Hall–Kier alpha value is -2.34. The molecule has 1 aliphatic rings. The quantitative estimate of drug-likeness (QED) is 0.648. The molecule has 0 unspecified atom stereocenters. The van der Waals surface area contributed by atoms with Gasteiger partial charge in [-0.3, -0.25) is 0 Å². The average molecular weight is 407 g/mol. The molecule has 7 heteroatoms. The minimum Gasteiger partial charge on any atom is -0.444 e. The van der Waals surface area contributed by atoms with Gasteiger partial charge in [0.05, 0.1) is 5.02 Å². The molecule has 0 saturated carbocycles. The Kier molecular flexibility index (Phi) is 6.08. The summed E-state index contributed by atoms with van der Waals surface area (Å²) in [6, 6.07) is 7.76. The molecule has 1 saturated heterocycles. The molecule has 2 heterocycles. The normalized spacial score (nSPS) is 15.4. The first-order chi connectivity index (χ1) is 13.2. The van der Waals surface area contributed by atoms with Crippen LogP contribution < -0.4 is 4.74 Å². The van der Waals surface area contributed by atoms with Crippen molar-refractivity contribution in [2.75, 3.05) is 13.1 Å².